The fourth-order valence-corrected chi connectivity index (χ4v) is 3.60. The van der Waals surface area contributed by atoms with Gasteiger partial charge >= 0.3 is 0 Å². The first kappa shape index (κ1) is 13.4. The number of rotatable bonds is 2. The van der Waals surface area contributed by atoms with Crippen LogP contribution >= 0.6 is 0 Å². The molecule has 0 spiro atoms. The van der Waals surface area contributed by atoms with E-state index in [9.17, 15) is 0 Å². The lowest BCUT2D eigenvalue weighted by molar-refractivity contribution is 0.533. The Bertz CT molecular complexity index is 657. The van der Waals surface area contributed by atoms with Crippen molar-refractivity contribution in [2.75, 3.05) is 36.0 Å². The molecule has 4 heterocycles. The smallest absolute Gasteiger partial charge is 0.225 e. The number of anilines is 2. The van der Waals surface area contributed by atoms with Gasteiger partial charge in [0, 0.05) is 62.2 Å². The minimum atomic E-state index is 0.666. The van der Waals surface area contributed by atoms with Crippen molar-refractivity contribution in [3.8, 4) is 0 Å². The maximum absolute atomic E-state index is 4.46. The van der Waals surface area contributed by atoms with Crippen LogP contribution in [-0.4, -0.2) is 46.1 Å². The molecule has 0 bridgehead atoms. The molecule has 2 unspecified atom stereocenters. The molecule has 0 saturated carbocycles. The van der Waals surface area contributed by atoms with E-state index in [0.29, 0.717) is 11.8 Å². The van der Waals surface area contributed by atoms with Gasteiger partial charge in [0.15, 0.2) is 0 Å². The van der Waals surface area contributed by atoms with Crippen molar-refractivity contribution in [2.45, 2.75) is 13.8 Å². The van der Waals surface area contributed by atoms with Crippen LogP contribution in [0.4, 0.5) is 11.8 Å². The van der Waals surface area contributed by atoms with Crippen molar-refractivity contribution in [1.29, 1.82) is 0 Å². The van der Waals surface area contributed by atoms with Crippen LogP contribution < -0.4 is 9.80 Å². The molecule has 114 valence electrons. The summed E-state index contributed by atoms with van der Waals surface area (Å²) < 4.78 is 0. The molecule has 0 aromatic carbocycles. The van der Waals surface area contributed by atoms with E-state index >= 15 is 0 Å². The van der Waals surface area contributed by atoms with Crippen molar-refractivity contribution in [3.05, 3.63) is 36.0 Å². The normalized spacial score (nSPS) is 23.9. The molecule has 6 nitrogen and oxygen atoms in total. The minimum Gasteiger partial charge on any atom is -0.356 e. The lowest BCUT2D eigenvalue weighted by Crippen LogP contribution is -2.30. The second-order valence-electron chi connectivity index (χ2n) is 6.42. The summed E-state index contributed by atoms with van der Waals surface area (Å²) in [7, 11) is 0. The van der Waals surface area contributed by atoms with Gasteiger partial charge in [0.25, 0.3) is 0 Å². The summed E-state index contributed by atoms with van der Waals surface area (Å²) in [6, 6.07) is 0. The third-order valence-electron chi connectivity index (χ3n) is 4.70. The number of hydrogen-bond donors (Lipinski definition) is 0. The van der Waals surface area contributed by atoms with Gasteiger partial charge in [-0.2, -0.15) is 0 Å². The topological polar surface area (TPSA) is 58.0 Å². The second kappa shape index (κ2) is 5.19. The molecular weight excluding hydrogens is 276 g/mol. The molecule has 4 rings (SSSR count). The van der Waals surface area contributed by atoms with E-state index in [0.717, 1.165) is 49.1 Å². The quantitative estimate of drug-likeness (QED) is 0.836. The average molecular weight is 296 g/mol. The van der Waals surface area contributed by atoms with Gasteiger partial charge in [-0.1, -0.05) is 0 Å². The molecule has 2 atom stereocenters. The molecule has 0 N–H and O–H groups in total. The van der Waals surface area contributed by atoms with Crippen molar-refractivity contribution >= 4 is 11.8 Å². The van der Waals surface area contributed by atoms with E-state index in [1.165, 1.54) is 0 Å². The summed E-state index contributed by atoms with van der Waals surface area (Å²) in [5.74, 6) is 3.28. The van der Waals surface area contributed by atoms with Crippen LogP contribution in [0.2, 0.25) is 0 Å². The molecule has 2 aliphatic heterocycles. The highest BCUT2D eigenvalue weighted by molar-refractivity contribution is 5.47. The Morgan fingerprint density at radius 3 is 2.14 bits per heavy atom. The summed E-state index contributed by atoms with van der Waals surface area (Å²) in [6.07, 6.45) is 7.33. The molecule has 2 aromatic heterocycles. The fraction of sp³-hybridized carbons (Fsp3) is 0.500. The first-order valence-electron chi connectivity index (χ1n) is 7.76. The maximum Gasteiger partial charge on any atom is 0.225 e. The predicted octanol–water partition coefficient (Wildman–Crippen LogP) is 1.46. The number of nitrogens with zero attached hydrogens (tertiary/aromatic N) is 6. The highest BCUT2D eigenvalue weighted by Gasteiger charge is 2.41. The summed E-state index contributed by atoms with van der Waals surface area (Å²) in [5.41, 5.74) is 2.26. The van der Waals surface area contributed by atoms with E-state index in [-0.39, 0.29) is 0 Å². The number of aryl methyl sites for hydroxylation is 2. The largest absolute Gasteiger partial charge is 0.356 e. The van der Waals surface area contributed by atoms with Gasteiger partial charge in [-0.25, -0.2) is 19.9 Å². The molecule has 6 heteroatoms. The third-order valence-corrected chi connectivity index (χ3v) is 4.70. The zero-order valence-electron chi connectivity index (χ0n) is 13.0. The second-order valence-corrected chi connectivity index (χ2v) is 6.42. The number of aromatic nitrogens is 4. The van der Waals surface area contributed by atoms with Crippen LogP contribution in [0.15, 0.2) is 24.9 Å². The number of fused-ring (bicyclic) bond motifs is 1. The zero-order chi connectivity index (χ0) is 15.1. The first-order chi connectivity index (χ1) is 10.7. The molecule has 2 aromatic rings. The van der Waals surface area contributed by atoms with Crippen molar-refractivity contribution in [1.82, 2.24) is 19.9 Å². The van der Waals surface area contributed by atoms with Crippen LogP contribution in [0.5, 0.6) is 0 Å². The molecule has 22 heavy (non-hydrogen) atoms. The highest BCUT2D eigenvalue weighted by atomic mass is 15.3. The van der Waals surface area contributed by atoms with Crippen molar-refractivity contribution in [3.63, 3.8) is 0 Å². The molecule has 2 aliphatic rings. The van der Waals surface area contributed by atoms with E-state index in [2.05, 4.69) is 36.7 Å². The molecule has 2 fully saturated rings. The first-order valence-corrected chi connectivity index (χ1v) is 7.76. The Kier molecular flexibility index (Phi) is 3.17. The monoisotopic (exact) mass is 296 g/mol. The van der Waals surface area contributed by atoms with Crippen LogP contribution in [0, 0.1) is 25.7 Å². The number of hydrogen-bond acceptors (Lipinski definition) is 6. The lowest BCUT2D eigenvalue weighted by Gasteiger charge is -2.23. The fourth-order valence-electron chi connectivity index (χ4n) is 3.60. The Hall–Kier alpha value is -2.24. The van der Waals surface area contributed by atoms with Crippen molar-refractivity contribution in [2.24, 2.45) is 11.8 Å². The van der Waals surface area contributed by atoms with Gasteiger partial charge in [0.05, 0.1) is 0 Å². The molecule has 2 saturated heterocycles. The Morgan fingerprint density at radius 1 is 0.864 bits per heavy atom. The van der Waals surface area contributed by atoms with E-state index < -0.39 is 0 Å². The summed E-state index contributed by atoms with van der Waals surface area (Å²) in [5, 5.41) is 0. The minimum absolute atomic E-state index is 0.666. The standard InChI is InChI=1S/C16H20N6/c1-11-3-18-16(19-4-11)22-8-13-6-21(7-14(13)9-22)15-12(2)5-17-10-20-15/h3-5,10,13-14H,6-9H2,1-2H3. The Labute approximate surface area is 130 Å². The van der Waals surface area contributed by atoms with E-state index in [1.807, 2.05) is 25.5 Å². The van der Waals surface area contributed by atoms with Gasteiger partial charge in [-0.05, 0) is 19.4 Å². The Morgan fingerprint density at radius 2 is 1.50 bits per heavy atom. The van der Waals surface area contributed by atoms with Gasteiger partial charge in [-0.15, -0.1) is 0 Å². The molecule has 0 amide bonds. The van der Waals surface area contributed by atoms with Gasteiger partial charge in [-0.3, -0.25) is 0 Å². The molecule has 0 aliphatic carbocycles. The van der Waals surface area contributed by atoms with Gasteiger partial charge < -0.3 is 9.80 Å². The van der Waals surface area contributed by atoms with Crippen molar-refractivity contribution < 1.29 is 0 Å². The lowest BCUT2D eigenvalue weighted by atomic mass is 10.0. The van der Waals surface area contributed by atoms with Crippen LogP contribution in [0.25, 0.3) is 0 Å². The molecular formula is C16H20N6. The van der Waals surface area contributed by atoms with Crippen LogP contribution in [0.1, 0.15) is 11.1 Å². The van der Waals surface area contributed by atoms with E-state index in [4.69, 9.17) is 0 Å². The van der Waals surface area contributed by atoms with Gasteiger partial charge in [0.1, 0.15) is 12.1 Å². The average Bonchev–Trinajstić information content (AvgIpc) is 3.07. The third kappa shape index (κ3) is 2.28. The molecule has 0 radical (unpaired) electrons. The SMILES string of the molecule is Cc1cnc(N2CC3CN(c4ncncc4C)CC3C2)nc1. The summed E-state index contributed by atoms with van der Waals surface area (Å²) in [4.78, 5) is 22.2. The summed E-state index contributed by atoms with van der Waals surface area (Å²) in [6.45, 7) is 8.29. The highest BCUT2D eigenvalue weighted by Crippen LogP contribution is 2.35. The maximum atomic E-state index is 4.46. The Balaban J connectivity index is 1.46. The van der Waals surface area contributed by atoms with Gasteiger partial charge in [0.2, 0.25) is 5.95 Å². The van der Waals surface area contributed by atoms with Crippen LogP contribution in [-0.2, 0) is 0 Å². The summed E-state index contributed by atoms with van der Waals surface area (Å²) >= 11 is 0. The predicted molar refractivity (Wildman–Crippen MR) is 84.9 cm³/mol. The van der Waals surface area contributed by atoms with E-state index in [1.54, 1.807) is 6.33 Å². The van der Waals surface area contributed by atoms with Crippen LogP contribution in [0.3, 0.4) is 0 Å². The zero-order valence-corrected chi connectivity index (χ0v) is 13.0.